The third kappa shape index (κ3) is 41.3. The van der Waals surface area contributed by atoms with Crippen molar-refractivity contribution in [2.45, 2.75) is 252 Å². The maximum Gasteiger partial charge on any atom is 0.306 e. The summed E-state index contributed by atoms with van der Waals surface area (Å²) in [4.78, 5) is 73.4. The van der Waals surface area contributed by atoms with Gasteiger partial charge < -0.3 is 28.8 Å². The number of unbranched alkanes of at least 4 members (excludes halogenated alkanes) is 18. The minimum Gasteiger partial charge on any atom is -0.481 e. The summed E-state index contributed by atoms with van der Waals surface area (Å²) in [6, 6.07) is 0. The Labute approximate surface area is 382 Å². The molecular formula is C51H92O12. The first kappa shape index (κ1) is 59.8. The van der Waals surface area contributed by atoms with Gasteiger partial charge >= 0.3 is 35.8 Å². The molecule has 368 valence electrons. The molecular weight excluding hydrogens is 805 g/mol. The first-order chi connectivity index (χ1) is 30.5. The molecule has 0 aliphatic rings. The van der Waals surface area contributed by atoms with E-state index in [1.807, 2.05) is 0 Å². The predicted molar refractivity (Wildman–Crippen MR) is 248 cm³/mol. The number of esters is 5. The quantitative estimate of drug-likeness (QED) is 0.0349. The van der Waals surface area contributed by atoms with E-state index in [4.69, 9.17) is 28.8 Å². The monoisotopic (exact) mass is 897 g/mol. The molecule has 0 amide bonds. The number of carbonyl (C=O) groups is 6. The minimum absolute atomic E-state index is 0.00246. The predicted octanol–water partition coefficient (Wildman–Crippen LogP) is 12.7. The van der Waals surface area contributed by atoms with Crippen LogP contribution in [-0.2, 0) is 52.5 Å². The van der Waals surface area contributed by atoms with Gasteiger partial charge in [-0.1, -0.05) is 156 Å². The van der Waals surface area contributed by atoms with Gasteiger partial charge in [0.25, 0.3) is 0 Å². The first-order valence-electron chi connectivity index (χ1n) is 25.6. The fourth-order valence-electron chi connectivity index (χ4n) is 7.50. The van der Waals surface area contributed by atoms with Crippen molar-refractivity contribution < 1.29 is 57.6 Å². The Kier molecular flexibility index (Phi) is 41.8. The van der Waals surface area contributed by atoms with Crippen LogP contribution >= 0.6 is 0 Å². The van der Waals surface area contributed by atoms with Gasteiger partial charge in [-0.15, -0.1) is 0 Å². The van der Waals surface area contributed by atoms with Crippen molar-refractivity contribution in [1.82, 2.24) is 0 Å². The van der Waals surface area contributed by atoms with Gasteiger partial charge in [0.2, 0.25) is 0 Å². The van der Waals surface area contributed by atoms with Crippen LogP contribution < -0.4 is 0 Å². The van der Waals surface area contributed by atoms with Gasteiger partial charge in [0.1, 0.15) is 13.2 Å². The molecule has 3 atom stereocenters. The number of ether oxygens (including phenoxy) is 5. The Balaban J connectivity index is 4.78. The topological polar surface area (TPSA) is 169 Å². The van der Waals surface area contributed by atoms with E-state index in [0.29, 0.717) is 50.7 Å². The van der Waals surface area contributed by atoms with E-state index in [1.165, 1.54) is 103 Å². The van der Waals surface area contributed by atoms with Crippen molar-refractivity contribution >= 4 is 35.8 Å². The van der Waals surface area contributed by atoms with E-state index in [2.05, 4.69) is 27.7 Å². The van der Waals surface area contributed by atoms with Gasteiger partial charge in [0, 0.05) is 25.7 Å². The fourth-order valence-corrected chi connectivity index (χ4v) is 7.50. The SMILES string of the molecule is CCCCCCCCC(CCCCCC)COC(=O)CCCCC(=O)OC[C@H](COC(=O)CCC(=O)O)OC(=O)CCCCC(=O)OCC(CCCCCC)CCCCCCCC. The second-order valence-corrected chi connectivity index (χ2v) is 17.7. The second kappa shape index (κ2) is 44.0. The van der Waals surface area contributed by atoms with Crippen LogP contribution in [0.3, 0.4) is 0 Å². The molecule has 0 fully saturated rings. The van der Waals surface area contributed by atoms with Crippen LogP contribution in [-0.4, -0.2) is 73.5 Å². The smallest absolute Gasteiger partial charge is 0.306 e. The van der Waals surface area contributed by atoms with Crippen LogP contribution in [0.1, 0.15) is 246 Å². The van der Waals surface area contributed by atoms with Gasteiger partial charge in [0.05, 0.1) is 26.1 Å². The van der Waals surface area contributed by atoms with Crippen LogP contribution in [0.15, 0.2) is 0 Å². The fraction of sp³-hybridized carbons (Fsp3) is 0.882. The van der Waals surface area contributed by atoms with Crippen molar-refractivity contribution in [3.63, 3.8) is 0 Å². The Morgan fingerprint density at radius 2 is 0.619 bits per heavy atom. The molecule has 0 radical (unpaired) electrons. The summed E-state index contributed by atoms with van der Waals surface area (Å²) in [5.41, 5.74) is 0. The van der Waals surface area contributed by atoms with Crippen LogP contribution in [0.4, 0.5) is 0 Å². The second-order valence-electron chi connectivity index (χ2n) is 17.7. The Hall–Kier alpha value is -3.18. The van der Waals surface area contributed by atoms with E-state index >= 15 is 0 Å². The van der Waals surface area contributed by atoms with E-state index in [-0.39, 0.29) is 50.6 Å². The number of hydrogen-bond acceptors (Lipinski definition) is 11. The first-order valence-corrected chi connectivity index (χ1v) is 25.6. The third-order valence-corrected chi connectivity index (χ3v) is 11.5. The van der Waals surface area contributed by atoms with Crippen molar-refractivity contribution in [2.24, 2.45) is 11.8 Å². The lowest BCUT2D eigenvalue weighted by atomic mass is 9.95. The standard InChI is InChI=1S/C51H92O12/c1-5-9-13-17-19-23-31-43(29-21-15-11-7-3)39-59-47(54)33-25-26-35-49(56)61-41-45(42-62-50(57)38-37-46(52)53)63-51(58)36-28-27-34-48(55)60-40-44(30-22-16-12-8-4)32-24-20-18-14-10-6-2/h43-45H,5-42H2,1-4H3,(H,52,53)/t43?,44?,45-/m1/s1. The summed E-state index contributed by atoms with van der Waals surface area (Å²) in [6.07, 6.45) is 28.8. The highest BCUT2D eigenvalue weighted by molar-refractivity contribution is 5.76. The van der Waals surface area contributed by atoms with Crippen LogP contribution in [0.25, 0.3) is 0 Å². The zero-order valence-electron chi connectivity index (χ0n) is 40.5. The molecule has 63 heavy (non-hydrogen) atoms. The van der Waals surface area contributed by atoms with Crippen molar-refractivity contribution in [3.8, 4) is 0 Å². The maximum absolute atomic E-state index is 12.8. The molecule has 0 aromatic carbocycles. The number of carboxylic acid groups (broad SMARTS) is 1. The lowest BCUT2D eigenvalue weighted by Gasteiger charge is -2.18. The molecule has 0 aliphatic carbocycles. The highest BCUT2D eigenvalue weighted by Crippen LogP contribution is 2.22. The molecule has 0 saturated carbocycles. The normalized spacial score (nSPS) is 12.6. The molecule has 0 spiro atoms. The van der Waals surface area contributed by atoms with E-state index in [1.54, 1.807) is 0 Å². The Morgan fingerprint density at radius 3 is 0.968 bits per heavy atom. The van der Waals surface area contributed by atoms with Gasteiger partial charge in [0.15, 0.2) is 6.10 Å². The van der Waals surface area contributed by atoms with Crippen LogP contribution in [0.2, 0.25) is 0 Å². The van der Waals surface area contributed by atoms with E-state index in [0.717, 1.165) is 51.4 Å². The number of carbonyl (C=O) groups excluding carboxylic acids is 5. The maximum atomic E-state index is 12.8. The highest BCUT2D eigenvalue weighted by Gasteiger charge is 2.21. The lowest BCUT2D eigenvalue weighted by molar-refractivity contribution is -0.167. The van der Waals surface area contributed by atoms with Gasteiger partial charge in [-0.2, -0.15) is 0 Å². The number of carboxylic acids is 1. The van der Waals surface area contributed by atoms with Crippen molar-refractivity contribution in [1.29, 1.82) is 0 Å². The lowest BCUT2D eigenvalue weighted by Crippen LogP contribution is -2.31. The van der Waals surface area contributed by atoms with Gasteiger partial charge in [-0.3, -0.25) is 28.8 Å². The summed E-state index contributed by atoms with van der Waals surface area (Å²) in [5.74, 6) is -2.89. The van der Waals surface area contributed by atoms with Crippen molar-refractivity contribution in [3.05, 3.63) is 0 Å². The molecule has 0 aromatic heterocycles. The zero-order valence-corrected chi connectivity index (χ0v) is 40.5. The summed E-state index contributed by atoms with van der Waals surface area (Å²) in [5, 5.41) is 8.88. The molecule has 0 saturated heterocycles. The third-order valence-electron chi connectivity index (χ3n) is 11.5. The molecule has 0 aromatic rings. The minimum atomic E-state index is -1.15. The molecule has 0 rings (SSSR count). The molecule has 2 unspecified atom stereocenters. The Morgan fingerprint density at radius 1 is 0.333 bits per heavy atom. The zero-order chi connectivity index (χ0) is 46.6. The molecule has 1 N–H and O–H groups in total. The van der Waals surface area contributed by atoms with Crippen LogP contribution in [0.5, 0.6) is 0 Å². The average molecular weight is 897 g/mol. The number of rotatable bonds is 46. The molecule has 0 bridgehead atoms. The Bertz CT molecular complexity index is 1160. The summed E-state index contributed by atoms with van der Waals surface area (Å²) in [6.45, 7) is 8.93. The molecule has 0 heterocycles. The van der Waals surface area contributed by atoms with Gasteiger partial charge in [-0.25, -0.2) is 0 Å². The average Bonchev–Trinajstić information content (AvgIpc) is 3.26. The number of hydrogen-bond donors (Lipinski definition) is 1. The highest BCUT2D eigenvalue weighted by atomic mass is 16.6. The van der Waals surface area contributed by atoms with Crippen LogP contribution in [0, 0.1) is 11.8 Å². The summed E-state index contributed by atoms with van der Waals surface area (Å²) < 4.78 is 27.3. The number of aliphatic carboxylic acids is 1. The summed E-state index contributed by atoms with van der Waals surface area (Å²) in [7, 11) is 0. The van der Waals surface area contributed by atoms with Crippen molar-refractivity contribution in [2.75, 3.05) is 26.4 Å². The summed E-state index contributed by atoms with van der Waals surface area (Å²) >= 11 is 0. The van der Waals surface area contributed by atoms with Gasteiger partial charge in [-0.05, 0) is 63.2 Å². The molecule has 0 aliphatic heterocycles. The largest absolute Gasteiger partial charge is 0.481 e. The molecule has 12 heteroatoms. The van der Waals surface area contributed by atoms with E-state index in [9.17, 15) is 28.8 Å². The van der Waals surface area contributed by atoms with E-state index < -0.39 is 43.0 Å². The molecule has 12 nitrogen and oxygen atoms in total.